The molecule has 1 unspecified atom stereocenters. The summed E-state index contributed by atoms with van der Waals surface area (Å²) in [7, 11) is 0. The molecule has 0 saturated heterocycles. The molecule has 0 radical (unpaired) electrons. The summed E-state index contributed by atoms with van der Waals surface area (Å²) in [5, 5.41) is 27.7. The van der Waals surface area contributed by atoms with E-state index < -0.39 is 17.4 Å². The summed E-state index contributed by atoms with van der Waals surface area (Å²) >= 11 is 0. The highest BCUT2D eigenvalue weighted by Crippen LogP contribution is 2.22. The van der Waals surface area contributed by atoms with Gasteiger partial charge in [-0.05, 0) is 18.6 Å². The summed E-state index contributed by atoms with van der Waals surface area (Å²) in [6.07, 6.45) is 2.91. The van der Waals surface area contributed by atoms with Crippen LogP contribution >= 0.6 is 0 Å². The van der Waals surface area contributed by atoms with Gasteiger partial charge in [-0.2, -0.15) is 10.5 Å². The van der Waals surface area contributed by atoms with Gasteiger partial charge in [0, 0.05) is 6.08 Å². The molecule has 2 rings (SSSR count). The van der Waals surface area contributed by atoms with Crippen molar-refractivity contribution < 1.29 is 14.3 Å². The molecule has 8 heteroatoms. The van der Waals surface area contributed by atoms with Gasteiger partial charge >= 0.3 is 5.97 Å². The van der Waals surface area contributed by atoms with E-state index in [0.29, 0.717) is 5.76 Å². The first-order valence-electron chi connectivity index (χ1n) is 6.94. The third-order valence-corrected chi connectivity index (χ3v) is 3.30. The van der Waals surface area contributed by atoms with E-state index in [1.165, 1.54) is 12.3 Å². The van der Waals surface area contributed by atoms with Crippen molar-refractivity contribution in [1.82, 2.24) is 9.97 Å². The largest absolute Gasteiger partial charge is 0.481 e. The van der Waals surface area contributed by atoms with Gasteiger partial charge in [0.2, 0.25) is 0 Å². The smallest absolute Gasteiger partial charge is 0.312 e. The van der Waals surface area contributed by atoms with Crippen LogP contribution in [0.25, 0.3) is 11.6 Å². The van der Waals surface area contributed by atoms with E-state index in [-0.39, 0.29) is 29.1 Å². The van der Waals surface area contributed by atoms with Gasteiger partial charge in [-0.25, -0.2) is 4.98 Å². The lowest BCUT2D eigenvalue weighted by atomic mass is 9.98. The zero-order valence-corrected chi connectivity index (χ0v) is 12.6. The van der Waals surface area contributed by atoms with Crippen LogP contribution in [0.15, 0.2) is 27.6 Å². The van der Waals surface area contributed by atoms with Crippen LogP contribution in [-0.4, -0.2) is 21.0 Å². The van der Waals surface area contributed by atoms with Crippen LogP contribution in [0.5, 0.6) is 0 Å². The Morgan fingerprint density at radius 1 is 1.54 bits per heavy atom. The minimum atomic E-state index is -1.20. The average molecular weight is 324 g/mol. The van der Waals surface area contributed by atoms with Crippen LogP contribution in [0.1, 0.15) is 42.1 Å². The molecule has 2 heterocycles. The monoisotopic (exact) mass is 324 g/mol. The van der Waals surface area contributed by atoms with E-state index in [2.05, 4.69) is 9.97 Å². The molecule has 24 heavy (non-hydrogen) atoms. The molecule has 1 atom stereocenters. The maximum Gasteiger partial charge on any atom is 0.312 e. The van der Waals surface area contributed by atoms with Crippen molar-refractivity contribution in [2.75, 3.05) is 0 Å². The van der Waals surface area contributed by atoms with Crippen molar-refractivity contribution in [3.8, 4) is 12.1 Å². The lowest BCUT2D eigenvalue weighted by molar-refractivity contribution is -0.138. The van der Waals surface area contributed by atoms with Gasteiger partial charge in [0.15, 0.2) is 5.82 Å². The molecule has 2 N–H and O–H groups in total. The number of hydrogen-bond acceptors (Lipinski definition) is 6. The molecule has 0 aliphatic rings. The molecule has 0 fully saturated rings. The Hall–Kier alpha value is -3.65. The second-order valence-electron chi connectivity index (χ2n) is 4.77. The number of nitrogens with one attached hydrogen (secondary N) is 1. The van der Waals surface area contributed by atoms with Crippen LogP contribution in [0.3, 0.4) is 0 Å². The number of carboxylic acids is 1. The van der Waals surface area contributed by atoms with Gasteiger partial charge in [-0.15, -0.1) is 0 Å². The zero-order valence-electron chi connectivity index (χ0n) is 12.6. The molecule has 120 valence electrons. The van der Waals surface area contributed by atoms with Crippen LogP contribution in [-0.2, 0) is 4.79 Å². The van der Waals surface area contributed by atoms with Crippen molar-refractivity contribution in [2.24, 2.45) is 0 Å². The van der Waals surface area contributed by atoms with Crippen LogP contribution in [0.4, 0.5) is 0 Å². The molecule has 0 saturated carbocycles. The molecular formula is C16H12N4O4. The van der Waals surface area contributed by atoms with Crippen molar-refractivity contribution in [2.45, 2.75) is 19.3 Å². The maximum absolute atomic E-state index is 12.1. The summed E-state index contributed by atoms with van der Waals surface area (Å²) in [6.45, 7) is 1.60. The normalized spacial score (nSPS) is 12.2. The first kappa shape index (κ1) is 16.7. The maximum atomic E-state index is 12.1. The summed E-state index contributed by atoms with van der Waals surface area (Å²) in [5.41, 5.74) is -1.35. The van der Waals surface area contributed by atoms with Crippen molar-refractivity contribution >= 4 is 17.6 Å². The fourth-order valence-electron chi connectivity index (χ4n) is 2.13. The number of hydrogen-bond donors (Lipinski definition) is 2. The number of furan rings is 1. The van der Waals surface area contributed by atoms with Gasteiger partial charge in [-0.1, -0.05) is 6.92 Å². The third-order valence-electron chi connectivity index (χ3n) is 3.30. The molecule has 0 aliphatic carbocycles. The van der Waals surface area contributed by atoms with E-state index in [4.69, 9.17) is 9.68 Å². The van der Waals surface area contributed by atoms with Crippen LogP contribution in [0, 0.1) is 22.7 Å². The van der Waals surface area contributed by atoms with Gasteiger partial charge < -0.3 is 14.5 Å². The summed E-state index contributed by atoms with van der Waals surface area (Å²) < 4.78 is 5.11. The van der Waals surface area contributed by atoms with E-state index in [0.717, 1.165) is 0 Å². The molecule has 0 aliphatic heterocycles. The summed E-state index contributed by atoms with van der Waals surface area (Å²) in [6, 6.07) is 6.77. The second-order valence-corrected chi connectivity index (χ2v) is 4.77. The Labute approximate surface area is 136 Å². The number of nitriles is 2. The predicted molar refractivity (Wildman–Crippen MR) is 82.4 cm³/mol. The lowest BCUT2D eigenvalue weighted by Crippen LogP contribution is -2.23. The highest BCUT2D eigenvalue weighted by molar-refractivity contribution is 5.86. The molecular weight excluding hydrogens is 312 g/mol. The third kappa shape index (κ3) is 3.23. The highest BCUT2D eigenvalue weighted by Gasteiger charge is 2.26. The Kier molecular flexibility index (Phi) is 4.93. The SMILES string of the molecule is CCC(C(=O)O)c1nc(C(C#N)=Cc2ccco2)[nH]c(=O)c1C#N. The molecule has 0 aromatic carbocycles. The Balaban J connectivity index is 2.67. The van der Waals surface area contributed by atoms with Crippen LogP contribution in [0.2, 0.25) is 0 Å². The molecule has 2 aromatic rings. The minimum absolute atomic E-state index is 0.0203. The topological polar surface area (TPSA) is 144 Å². The standard InChI is InChI=1S/C16H12N4O4/c1-2-11(16(22)23)13-12(8-18)15(21)20-14(19-13)9(7-17)6-10-4-3-5-24-10/h3-6,11H,2H2,1H3,(H,22,23)(H,19,20,21). The van der Waals surface area contributed by atoms with E-state index in [9.17, 15) is 20.0 Å². The Morgan fingerprint density at radius 3 is 2.79 bits per heavy atom. The number of nitrogens with zero attached hydrogens (tertiary/aromatic N) is 3. The predicted octanol–water partition coefficient (Wildman–Crippen LogP) is 1.88. The summed E-state index contributed by atoms with van der Waals surface area (Å²) in [5.74, 6) is -2.08. The number of aliphatic carboxylic acids is 1. The molecule has 0 spiro atoms. The number of H-pyrrole nitrogens is 1. The summed E-state index contributed by atoms with van der Waals surface area (Å²) in [4.78, 5) is 29.8. The van der Waals surface area contributed by atoms with E-state index in [1.54, 1.807) is 25.1 Å². The number of carbonyl (C=O) groups is 1. The highest BCUT2D eigenvalue weighted by atomic mass is 16.4. The number of aromatic amines is 1. The molecule has 2 aromatic heterocycles. The van der Waals surface area contributed by atoms with Gasteiger partial charge in [0.25, 0.3) is 5.56 Å². The van der Waals surface area contributed by atoms with Crippen molar-refractivity contribution in [1.29, 1.82) is 10.5 Å². The lowest BCUT2D eigenvalue weighted by Gasteiger charge is -2.11. The molecule has 0 amide bonds. The molecule has 8 nitrogen and oxygen atoms in total. The number of allylic oxidation sites excluding steroid dienone is 1. The van der Waals surface area contributed by atoms with Gasteiger partial charge in [-0.3, -0.25) is 9.59 Å². The fourth-order valence-corrected chi connectivity index (χ4v) is 2.13. The van der Waals surface area contributed by atoms with Gasteiger partial charge in [0.1, 0.15) is 29.4 Å². The van der Waals surface area contributed by atoms with Crippen LogP contribution < -0.4 is 5.56 Å². The number of aromatic nitrogens is 2. The first-order chi connectivity index (χ1) is 11.5. The Morgan fingerprint density at radius 2 is 2.29 bits per heavy atom. The van der Waals surface area contributed by atoms with E-state index >= 15 is 0 Å². The number of carboxylic acid groups (broad SMARTS) is 1. The van der Waals surface area contributed by atoms with Crippen molar-refractivity contribution in [3.63, 3.8) is 0 Å². The van der Waals surface area contributed by atoms with Gasteiger partial charge in [0.05, 0.1) is 17.5 Å². The van der Waals surface area contributed by atoms with E-state index in [1.807, 2.05) is 6.07 Å². The average Bonchev–Trinajstić information content (AvgIpc) is 3.05. The fraction of sp³-hybridized carbons (Fsp3) is 0.188. The Bertz CT molecular complexity index is 926. The molecule has 0 bridgehead atoms. The minimum Gasteiger partial charge on any atom is -0.481 e. The zero-order chi connectivity index (χ0) is 17.7. The number of rotatable bonds is 5. The quantitative estimate of drug-likeness (QED) is 0.799. The van der Waals surface area contributed by atoms with Crippen molar-refractivity contribution in [3.05, 3.63) is 51.6 Å². The first-order valence-corrected chi connectivity index (χ1v) is 6.94. The second kappa shape index (κ2) is 7.07.